The second-order valence-electron chi connectivity index (χ2n) is 3.63. The van der Waals surface area contributed by atoms with E-state index in [4.69, 9.17) is 0 Å². The van der Waals surface area contributed by atoms with Crippen LogP contribution in [-0.4, -0.2) is 4.92 Å². The zero-order valence-electron chi connectivity index (χ0n) is 9.07. The van der Waals surface area contributed by atoms with Crippen molar-refractivity contribution in [1.29, 1.82) is 0 Å². The monoisotopic (exact) mass is 295 g/mol. The van der Waals surface area contributed by atoms with E-state index in [1.54, 1.807) is 36.4 Å². The molecule has 0 aliphatic heterocycles. The molecule has 0 atom stereocenters. The van der Waals surface area contributed by atoms with Crippen molar-refractivity contribution in [2.24, 2.45) is 0 Å². The molecular formula is C12H9NO2S3. The number of benzene rings is 2. The van der Waals surface area contributed by atoms with Crippen LogP contribution in [0.25, 0.3) is 11.1 Å². The fourth-order valence-electron chi connectivity index (χ4n) is 1.69. The third-order valence-corrected chi connectivity index (χ3v) is 3.48. The Morgan fingerprint density at radius 1 is 0.944 bits per heavy atom. The van der Waals surface area contributed by atoms with Crippen LogP contribution in [-0.2, 0) is 0 Å². The largest absolute Gasteiger partial charge is 0.290 e. The van der Waals surface area contributed by atoms with Crippen molar-refractivity contribution in [2.75, 3.05) is 0 Å². The molecule has 0 radical (unpaired) electrons. The van der Waals surface area contributed by atoms with Crippen molar-refractivity contribution in [1.82, 2.24) is 0 Å². The lowest BCUT2D eigenvalue weighted by Gasteiger charge is -2.08. The van der Waals surface area contributed by atoms with E-state index in [-0.39, 0.29) is 5.69 Å². The van der Waals surface area contributed by atoms with Crippen LogP contribution in [0.4, 0.5) is 5.69 Å². The molecule has 18 heavy (non-hydrogen) atoms. The topological polar surface area (TPSA) is 43.1 Å². The van der Waals surface area contributed by atoms with Gasteiger partial charge in [-0.25, -0.2) is 0 Å². The van der Waals surface area contributed by atoms with Crippen molar-refractivity contribution >= 4 is 43.6 Å². The molecule has 6 heteroatoms. The van der Waals surface area contributed by atoms with E-state index < -0.39 is 4.92 Å². The van der Waals surface area contributed by atoms with Crippen molar-refractivity contribution in [3.05, 3.63) is 46.5 Å². The van der Waals surface area contributed by atoms with Gasteiger partial charge in [0.1, 0.15) is 0 Å². The Balaban J connectivity index is 2.71. The first-order chi connectivity index (χ1) is 8.50. The van der Waals surface area contributed by atoms with Gasteiger partial charge in [0, 0.05) is 15.4 Å². The number of para-hydroxylation sites is 1. The molecule has 0 unspecified atom stereocenters. The predicted octanol–water partition coefficient (Wildman–Crippen LogP) is 4.13. The smallest absolute Gasteiger partial charge is 0.258 e. The maximum absolute atomic E-state index is 11.1. The lowest BCUT2D eigenvalue weighted by molar-refractivity contribution is -0.387. The van der Waals surface area contributed by atoms with Crippen LogP contribution in [0.3, 0.4) is 0 Å². The quantitative estimate of drug-likeness (QED) is 0.443. The van der Waals surface area contributed by atoms with E-state index in [2.05, 4.69) is 37.9 Å². The number of thiol groups is 3. The normalized spacial score (nSPS) is 10.4. The highest BCUT2D eigenvalue weighted by molar-refractivity contribution is 7.81. The average molecular weight is 295 g/mol. The van der Waals surface area contributed by atoms with Crippen molar-refractivity contribution in [3.63, 3.8) is 0 Å². The fourth-order valence-corrected chi connectivity index (χ4v) is 2.62. The first-order valence-corrected chi connectivity index (χ1v) is 6.33. The molecule has 2 aromatic rings. The molecule has 0 saturated heterocycles. The van der Waals surface area contributed by atoms with E-state index in [0.29, 0.717) is 20.9 Å². The van der Waals surface area contributed by atoms with Crippen LogP contribution in [0.1, 0.15) is 0 Å². The predicted molar refractivity (Wildman–Crippen MR) is 80.3 cm³/mol. The molecule has 3 nitrogen and oxygen atoms in total. The summed E-state index contributed by atoms with van der Waals surface area (Å²) in [6.45, 7) is 0. The number of nitrogens with zero attached hydrogens (tertiary/aromatic N) is 1. The van der Waals surface area contributed by atoms with Crippen LogP contribution < -0.4 is 0 Å². The molecule has 0 bridgehead atoms. The van der Waals surface area contributed by atoms with Crippen molar-refractivity contribution in [2.45, 2.75) is 14.7 Å². The molecule has 0 spiro atoms. The van der Waals surface area contributed by atoms with E-state index in [1.807, 2.05) is 0 Å². The first kappa shape index (κ1) is 13.3. The minimum atomic E-state index is -0.431. The summed E-state index contributed by atoms with van der Waals surface area (Å²) < 4.78 is 0. The summed E-state index contributed by atoms with van der Waals surface area (Å²) in [4.78, 5) is 12.4. The molecule has 0 fully saturated rings. The van der Waals surface area contributed by atoms with Gasteiger partial charge < -0.3 is 0 Å². The highest BCUT2D eigenvalue weighted by Gasteiger charge is 2.19. The van der Waals surface area contributed by atoms with Gasteiger partial charge in [0.2, 0.25) is 0 Å². The Bertz CT molecular complexity index is 629. The number of hydrogen-bond acceptors (Lipinski definition) is 5. The number of nitro groups is 1. The van der Waals surface area contributed by atoms with Crippen LogP contribution in [0.5, 0.6) is 0 Å². The molecule has 2 aromatic carbocycles. The van der Waals surface area contributed by atoms with Gasteiger partial charge in [0.05, 0.1) is 15.4 Å². The van der Waals surface area contributed by atoms with Gasteiger partial charge in [-0.05, 0) is 24.3 Å². The molecule has 0 N–H and O–H groups in total. The molecule has 2 rings (SSSR count). The van der Waals surface area contributed by atoms with Crippen molar-refractivity contribution < 1.29 is 4.92 Å². The summed E-state index contributed by atoms with van der Waals surface area (Å²) >= 11 is 12.7. The Kier molecular flexibility index (Phi) is 3.89. The molecule has 92 valence electrons. The van der Waals surface area contributed by atoms with Gasteiger partial charge in [-0.1, -0.05) is 12.1 Å². The van der Waals surface area contributed by atoms with Crippen LogP contribution in [0.2, 0.25) is 0 Å². The van der Waals surface area contributed by atoms with Crippen molar-refractivity contribution in [3.8, 4) is 11.1 Å². The second-order valence-corrected chi connectivity index (χ2v) is 5.11. The Hall–Kier alpha value is -1.11. The summed E-state index contributed by atoms with van der Waals surface area (Å²) in [5.41, 5.74) is 1.19. The minimum Gasteiger partial charge on any atom is -0.258 e. The zero-order chi connectivity index (χ0) is 13.3. The maximum atomic E-state index is 11.1. The SMILES string of the molecule is O=[N+]([O-])c1c(S)cccc1-c1ccc(S)cc1S. The second kappa shape index (κ2) is 5.26. The fraction of sp³-hybridized carbons (Fsp3) is 0. The molecular weight excluding hydrogens is 286 g/mol. The van der Waals surface area contributed by atoms with Gasteiger partial charge in [-0.2, -0.15) is 0 Å². The average Bonchev–Trinajstić information content (AvgIpc) is 2.28. The van der Waals surface area contributed by atoms with Gasteiger partial charge in [-0.15, -0.1) is 37.9 Å². The maximum Gasteiger partial charge on any atom is 0.290 e. The number of nitro benzene ring substituents is 1. The van der Waals surface area contributed by atoms with E-state index in [0.717, 1.165) is 4.90 Å². The Morgan fingerprint density at radius 3 is 2.28 bits per heavy atom. The molecule has 0 saturated carbocycles. The van der Waals surface area contributed by atoms with E-state index in [9.17, 15) is 10.1 Å². The Labute approximate surface area is 121 Å². The number of hydrogen-bond donors (Lipinski definition) is 3. The highest BCUT2D eigenvalue weighted by Crippen LogP contribution is 2.38. The Morgan fingerprint density at radius 2 is 1.67 bits per heavy atom. The third kappa shape index (κ3) is 2.50. The van der Waals surface area contributed by atoms with Crippen LogP contribution in [0, 0.1) is 10.1 Å². The standard InChI is InChI=1S/C12H9NO2S3/c14-13(15)12-9(2-1-3-10(12)17)8-5-4-7(16)6-11(8)18/h1-6,16-18H. The molecule has 0 aliphatic carbocycles. The van der Waals surface area contributed by atoms with E-state index in [1.165, 1.54) is 0 Å². The molecule has 0 aliphatic rings. The van der Waals surface area contributed by atoms with Gasteiger partial charge in [0.25, 0.3) is 5.69 Å². The van der Waals surface area contributed by atoms with Gasteiger partial charge in [0.15, 0.2) is 0 Å². The zero-order valence-corrected chi connectivity index (χ0v) is 11.8. The van der Waals surface area contributed by atoms with E-state index >= 15 is 0 Å². The van der Waals surface area contributed by atoms with Gasteiger partial charge in [-0.3, -0.25) is 10.1 Å². The van der Waals surface area contributed by atoms with Crippen LogP contribution >= 0.6 is 37.9 Å². The van der Waals surface area contributed by atoms with Crippen LogP contribution in [0.15, 0.2) is 51.1 Å². The summed E-state index contributed by atoms with van der Waals surface area (Å²) in [7, 11) is 0. The van der Waals surface area contributed by atoms with Gasteiger partial charge >= 0.3 is 0 Å². The third-order valence-electron chi connectivity index (χ3n) is 2.47. The first-order valence-electron chi connectivity index (χ1n) is 4.99. The molecule has 0 heterocycles. The molecule has 0 aromatic heterocycles. The summed E-state index contributed by atoms with van der Waals surface area (Å²) in [6.07, 6.45) is 0. The summed E-state index contributed by atoms with van der Waals surface area (Å²) in [6, 6.07) is 10.3. The molecule has 0 amide bonds. The lowest BCUT2D eigenvalue weighted by Crippen LogP contribution is -1.94. The lowest BCUT2D eigenvalue weighted by atomic mass is 10.0. The summed E-state index contributed by atoms with van der Waals surface area (Å²) in [5.74, 6) is 0. The minimum absolute atomic E-state index is 0.0111. The number of rotatable bonds is 2. The summed E-state index contributed by atoms with van der Waals surface area (Å²) in [5, 5.41) is 11.1. The highest BCUT2D eigenvalue weighted by atomic mass is 32.1.